The molecule has 0 aromatic carbocycles. The Morgan fingerprint density at radius 1 is 1.48 bits per heavy atom. The standard InChI is InChI=1S/C11H16N6O4/c12-6-5(2-18)21-4(8(6)19)1-17-3-14-7-9(17)15-11(13)16-10(7)20/h3-6,8,18-19H,1-2,12H2,(H3,13,15,16,20)/t4-,5+,6+,8-/m0/s1. The van der Waals surface area contributed by atoms with E-state index in [1.165, 1.54) is 6.33 Å². The molecule has 10 nitrogen and oxygen atoms in total. The van der Waals surface area contributed by atoms with Gasteiger partial charge >= 0.3 is 0 Å². The van der Waals surface area contributed by atoms with Gasteiger partial charge in [-0.1, -0.05) is 0 Å². The van der Waals surface area contributed by atoms with Crippen LogP contribution in [0.15, 0.2) is 11.1 Å². The number of nitrogens with one attached hydrogen (secondary N) is 1. The van der Waals surface area contributed by atoms with Gasteiger partial charge in [-0.2, -0.15) is 4.98 Å². The van der Waals surface area contributed by atoms with Gasteiger partial charge in [-0.15, -0.1) is 0 Å². The highest BCUT2D eigenvalue weighted by molar-refractivity contribution is 5.70. The Kier molecular flexibility index (Phi) is 3.37. The lowest BCUT2D eigenvalue weighted by Gasteiger charge is -2.15. The maximum atomic E-state index is 11.7. The van der Waals surface area contributed by atoms with E-state index in [0.29, 0.717) is 5.65 Å². The van der Waals surface area contributed by atoms with Gasteiger partial charge in [0.25, 0.3) is 5.56 Å². The number of aliphatic hydroxyl groups is 2. The highest BCUT2D eigenvalue weighted by Crippen LogP contribution is 2.22. The lowest BCUT2D eigenvalue weighted by atomic mass is 10.1. The normalized spacial score (nSPS) is 29.3. The van der Waals surface area contributed by atoms with Gasteiger partial charge in [0.2, 0.25) is 5.95 Å². The molecule has 1 fully saturated rings. The van der Waals surface area contributed by atoms with Gasteiger partial charge in [-0.05, 0) is 0 Å². The number of aromatic nitrogens is 4. The zero-order valence-electron chi connectivity index (χ0n) is 11.0. The molecule has 1 saturated heterocycles. The summed E-state index contributed by atoms with van der Waals surface area (Å²) in [6.45, 7) is -0.0813. The van der Waals surface area contributed by atoms with E-state index in [9.17, 15) is 9.90 Å². The summed E-state index contributed by atoms with van der Waals surface area (Å²) in [5.74, 6) is -0.0212. The number of nitrogens with two attached hydrogens (primary N) is 2. The number of fused-ring (bicyclic) bond motifs is 1. The fraction of sp³-hybridized carbons (Fsp3) is 0.545. The molecule has 21 heavy (non-hydrogen) atoms. The lowest BCUT2D eigenvalue weighted by Crippen LogP contribution is -2.42. The number of anilines is 1. The minimum Gasteiger partial charge on any atom is -0.394 e. The molecule has 0 aliphatic carbocycles. The molecule has 1 aliphatic rings. The van der Waals surface area contributed by atoms with Crippen LogP contribution in [-0.4, -0.2) is 60.7 Å². The molecule has 2 aromatic rings. The second kappa shape index (κ2) is 5.07. The number of imidazole rings is 1. The summed E-state index contributed by atoms with van der Waals surface area (Å²) in [4.78, 5) is 22.0. The number of rotatable bonds is 3. The molecule has 10 heteroatoms. The van der Waals surface area contributed by atoms with Crippen LogP contribution in [0.1, 0.15) is 0 Å². The van der Waals surface area contributed by atoms with Gasteiger partial charge in [-0.25, -0.2) is 4.98 Å². The topological polar surface area (TPSA) is 165 Å². The second-order valence-corrected chi connectivity index (χ2v) is 4.98. The van der Waals surface area contributed by atoms with Crippen molar-refractivity contribution in [3.8, 4) is 0 Å². The third-order valence-corrected chi connectivity index (χ3v) is 3.60. The minimum atomic E-state index is -0.932. The van der Waals surface area contributed by atoms with Crippen molar-refractivity contribution in [2.24, 2.45) is 5.73 Å². The van der Waals surface area contributed by atoms with Crippen LogP contribution in [-0.2, 0) is 11.3 Å². The highest BCUT2D eigenvalue weighted by Gasteiger charge is 2.41. The van der Waals surface area contributed by atoms with Crippen LogP contribution in [0.3, 0.4) is 0 Å². The first-order valence-electron chi connectivity index (χ1n) is 6.42. The maximum Gasteiger partial charge on any atom is 0.280 e. The molecule has 3 heterocycles. The van der Waals surface area contributed by atoms with E-state index in [4.69, 9.17) is 21.3 Å². The summed E-state index contributed by atoms with van der Waals surface area (Å²) in [5.41, 5.74) is 11.3. The van der Waals surface area contributed by atoms with Crippen molar-refractivity contribution >= 4 is 17.1 Å². The third-order valence-electron chi connectivity index (χ3n) is 3.60. The summed E-state index contributed by atoms with van der Waals surface area (Å²) in [6.07, 6.45) is -0.766. The summed E-state index contributed by atoms with van der Waals surface area (Å²) in [7, 11) is 0. The number of aliphatic hydroxyl groups excluding tert-OH is 2. The molecular formula is C11H16N6O4. The largest absolute Gasteiger partial charge is 0.394 e. The quantitative estimate of drug-likeness (QED) is 0.403. The van der Waals surface area contributed by atoms with E-state index < -0.39 is 29.9 Å². The van der Waals surface area contributed by atoms with Crippen molar-refractivity contribution in [1.29, 1.82) is 0 Å². The Bertz CT molecular complexity index is 712. The molecule has 0 spiro atoms. The molecule has 114 valence electrons. The molecule has 0 bridgehead atoms. The zero-order valence-corrected chi connectivity index (χ0v) is 11.0. The Labute approximate surface area is 118 Å². The summed E-state index contributed by atoms with van der Waals surface area (Å²) < 4.78 is 7.06. The van der Waals surface area contributed by atoms with Gasteiger partial charge in [0, 0.05) is 0 Å². The fourth-order valence-electron chi connectivity index (χ4n) is 2.48. The van der Waals surface area contributed by atoms with E-state index in [1.54, 1.807) is 4.57 Å². The van der Waals surface area contributed by atoms with E-state index in [2.05, 4.69) is 15.0 Å². The van der Waals surface area contributed by atoms with Crippen LogP contribution >= 0.6 is 0 Å². The van der Waals surface area contributed by atoms with E-state index in [-0.39, 0.29) is 24.6 Å². The van der Waals surface area contributed by atoms with Crippen molar-refractivity contribution in [3.05, 3.63) is 16.7 Å². The van der Waals surface area contributed by atoms with Gasteiger partial charge < -0.3 is 31.0 Å². The van der Waals surface area contributed by atoms with Crippen LogP contribution in [0, 0.1) is 0 Å². The average molecular weight is 296 g/mol. The maximum absolute atomic E-state index is 11.7. The zero-order chi connectivity index (χ0) is 15.1. The van der Waals surface area contributed by atoms with Crippen LogP contribution in [0.2, 0.25) is 0 Å². The lowest BCUT2D eigenvalue weighted by molar-refractivity contribution is -0.0174. The van der Waals surface area contributed by atoms with E-state index in [0.717, 1.165) is 0 Å². The van der Waals surface area contributed by atoms with Crippen molar-refractivity contribution in [1.82, 2.24) is 19.5 Å². The number of H-pyrrole nitrogens is 1. The summed E-state index contributed by atoms with van der Waals surface area (Å²) in [5, 5.41) is 19.2. The van der Waals surface area contributed by atoms with Gasteiger partial charge in [0.05, 0.1) is 37.7 Å². The predicted octanol–water partition coefficient (Wildman–Crippen LogP) is -2.85. The molecule has 4 atom stereocenters. The monoisotopic (exact) mass is 296 g/mol. The predicted molar refractivity (Wildman–Crippen MR) is 72.3 cm³/mol. The first kappa shape index (κ1) is 13.9. The van der Waals surface area contributed by atoms with Crippen molar-refractivity contribution in [3.63, 3.8) is 0 Å². The van der Waals surface area contributed by atoms with Gasteiger partial charge in [0.1, 0.15) is 6.10 Å². The number of ether oxygens (including phenoxy) is 1. The minimum absolute atomic E-state index is 0.0212. The Morgan fingerprint density at radius 2 is 2.24 bits per heavy atom. The van der Waals surface area contributed by atoms with Crippen LogP contribution in [0.25, 0.3) is 11.2 Å². The second-order valence-electron chi connectivity index (χ2n) is 4.98. The number of nitrogen functional groups attached to an aromatic ring is 1. The molecule has 3 rings (SSSR count). The number of aromatic amines is 1. The molecule has 7 N–H and O–H groups in total. The fourth-order valence-corrected chi connectivity index (χ4v) is 2.48. The highest BCUT2D eigenvalue weighted by atomic mass is 16.5. The van der Waals surface area contributed by atoms with Crippen LogP contribution < -0.4 is 17.0 Å². The number of nitrogens with zero attached hydrogens (tertiary/aromatic N) is 3. The molecule has 0 unspecified atom stereocenters. The first-order valence-corrected chi connectivity index (χ1v) is 6.42. The molecule has 2 aromatic heterocycles. The Hall–Kier alpha value is -2.01. The SMILES string of the molecule is Nc1nc2c(ncn2C[C@@H]2O[C@H](CO)[C@@H](N)[C@H]2O)c(=O)[nH]1. The summed E-state index contributed by atoms with van der Waals surface area (Å²) >= 11 is 0. The molecule has 0 radical (unpaired) electrons. The van der Waals surface area contributed by atoms with E-state index >= 15 is 0 Å². The average Bonchev–Trinajstić information content (AvgIpc) is 2.96. The molecule has 0 amide bonds. The van der Waals surface area contributed by atoms with Crippen LogP contribution in [0.5, 0.6) is 0 Å². The molecule has 1 aliphatic heterocycles. The van der Waals surface area contributed by atoms with E-state index in [1.807, 2.05) is 0 Å². The Balaban J connectivity index is 1.91. The smallest absolute Gasteiger partial charge is 0.280 e. The number of hydrogen-bond acceptors (Lipinski definition) is 8. The molecular weight excluding hydrogens is 280 g/mol. The molecule has 0 saturated carbocycles. The number of hydrogen-bond donors (Lipinski definition) is 5. The Morgan fingerprint density at radius 3 is 2.90 bits per heavy atom. The van der Waals surface area contributed by atoms with Crippen molar-refractivity contribution < 1.29 is 14.9 Å². The van der Waals surface area contributed by atoms with Gasteiger partial charge in [-0.3, -0.25) is 9.78 Å². The summed E-state index contributed by atoms with van der Waals surface area (Å²) in [6, 6.07) is -0.670. The van der Waals surface area contributed by atoms with Crippen molar-refractivity contribution in [2.75, 3.05) is 12.3 Å². The van der Waals surface area contributed by atoms with Crippen molar-refractivity contribution in [2.45, 2.75) is 30.9 Å². The van der Waals surface area contributed by atoms with Crippen LogP contribution in [0.4, 0.5) is 5.95 Å². The third kappa shape index (κ3) is 2.27. The van der Waals surface area contributed by atoms with Gasteiger partial charge in [0.15, 0.2) is 11.2 Å². The first-order chi connectivity index (χ1) is 10.0.